The third-order valence-corrected chi connectivity index (χ3v) is 9.06. The number of unbranched alkanes of at least 4 members (excludes halogenated alkanes) is 3. The Morgan fingerprint density at radius 3 is 2.43 bits per heavy atom. The van der Waals surface area contributed by atoms with E-state index in [9.17, 15) is 19.2 Å². The Balaban J connectivity index is 1.45. The summed E-state index contributed by atoms with van der Waals surface area (Å²) in [6.45, 7) is 6.13. The largest absolute Gasteiger partial charge is 0.469 e. The van der Waals surface area contributed by atoms with E-state index in [-0.39, 0.29) is 18.3 Å². The van der Waals surface area contributed by atoms with E-state index < -0.39 is 29.8 Å². The number of imidazole rings is 1. The molecule has 1 atom stereocenters. The number of amidine groups is 1. The van der Waals surface area contributed by atoms with Crippen molar-refractivity contribution in [3.63, 3.8) is 0 Å². The van der Waals surface area contributed by atoms with Gasteiger partial charge in [0, 0.05) is 45.0 Å². The Labute approximate surface area is 287 Å². The number of nitrogens with zero attached hydrogens (tertiary/aromatic N) is 4. The van der Waals surface area contributed by atoms with Crippen molar-refractivity contribution in [1.82, 2.24) is 24.7 Å². The first-order valence-corrected chi connectivity index (χ1v) is 16.9. The van der Waals surface area contributed by atoms with E-state index in [4.69, 9.17) is 15.1 Å². The highest BCUT2D eigenvalue weighted by molar-refractivity contribution is 6.04. The van der Waals surface area contributed by atoms with Crippen molar-refractivity contribution in [2.45, 2.75) is 70.8 Å². The lowest BCUT2D eigenvalue weighted by atomic mass is 9.80. The fourth-order valence-electron chi connectivity index (χ4n) is 6.04. The lowest BCUT2D eigenvalue weighted by molar-refractivity contribution is -0.147. The zero-order valence-corrected chi connectivity index (χ0v) is 29.3. The Morgan fingerprint density at radius 2 is 1.76 bits per heavy atom. The number of ether oxygens (including phenoxy) is 2. The van der Waals surface area contributed by atoms with Gasteiger partial charge in [-0.2, -0.15) is 0 Å². The third-order valence-electron chi connectivity index (χ3n) is 9.06. The number of likely N-dealkylation sites (tertiary alicyclic amines) is 1. The predicted octanol–water partition coefficient (Wildman–Crippen LogP) is 4.72. The van der Waals surface area contributed by atoms with Crippen molar-refractivity contribution in [1.29, 1.82) is 5.41 Å². The second-order valence-electron chi connectivity index (χ2n) is 12.8. The molecule has 1 saturated heterocycles. The van der Waals surface area contributed by atoms with Gasteiger partial charge in [0.05, 0.1) is 36.7 Å². The smallest absolute Gasteiger partial charge is 0.412 e. The van der Waals surface area contributed by atoms with E-state index >= 15 is 0 Å². The number of benzene rings is 2. The molecule has 0 spiro atoms. The van der Waals surface area contributed by atoms with Crippen LogP contribution >= 0.6 is 0 Å². The Bertz CT molecular complexity index is 1650. The molecule has 3 N–H and O–H groups in total. The SMILES string of the molecule is CCCCCCOC(=O)NC(=N)c1ccc(NCc2nc3cc(C(C)(CN(C)C(=O)CC(=O)OC)C(=O)N4CCCC4)ccc3n2C)cc1. The quantitative estimate of drug-likeness (QED) is 0.0687. The average molecular weight is 676 g/mol. The van der Waals surface area contributed by atoms with E-state index in [1.807, 2.05) is 53.8 Å². The van der Waals surface area contributed by atoms with E-state index in [0.717, 1.165) is 61.1 Å². The summed E-state index contributed by atoms with van der Waals surface area (Å²) >= 11 is 0. The van der Waals surface area contributed by atoms with Crippen LogP contribution < -0.4 is 10.6 Å². The Hall–Kier alpha value is -4.94. The summed E-state index contributed by atoms with van der Waals surface area (Å²) in [4.78, 5) is 58.8. The van der Waals surface area contributed by atoms with Gasteiger partial charge in [-0.3, -0.25) is 25.1 Å². The molecule has 0 bridgehead atoms. The van der Waals surface area contributed by atoms with E-state index in [1.165, 1.54) is 12.0 Å². The van der Waals surface area contributed by atoms with E-state index in [0.29, 0.717) is 37.3 Å². The third kappa shape index (κ3) is 9.36. The molecule has 264 valence electrons. The van der Waals surface area contributed by atoms with Crippen molar-refractivity contribution >= 4 is 46.4 Å². The summed E-state index contributed by atoms with van der Waals surface area (Å²) in [5, 5.41) is 14.1. The summed E-state index contributed by atoms with van der Waals surface area (Å²) in [6, 6.07) is 12.9. The summed E-state index contributed by atoms with van der Waals surface area (Å²) < 4.78 is 11.8. The number of carbonyl (C=O) groups is 4. The van der Waals surface area contributed by atoms with Crippen molar-refractivity contribution in [2.24, 2.45) is 7.05 Å². The van der Waals surface area contributed by atoms with Crippen LogP contribution in [0.5, 0.6) is 0 Å². The van der Waals surface area contributed by atoms with Crippen molar-refractivity contribution in [3.05, 3.63) is 59.4 Å². The first-order chi connectivity index (χ1) is 23.5. The number of esters is 1. The summed E-state index contributed by atoms with van der Waals surface area (Å²) in [7, 11) is 4.77. The number of amides is 3. The van der Waals surface area contributed by atoms with Gasteiger partial charge >= 0.3 is 12.1 Å². The maximum Gasteiger partial charge on any atom is 0.412 e. The normalized spacial score (nSPS) is 13.9. The van der Waals surface area contributed by atoms with Crippen LogP contribution in [0.1, 0.15) is 75.7 Å². The molecule has 0 radical (unpaired) electrons. The van der Waals surface area contributed by atoms with Crippen LogP contribution in [0.15, 0.2) is 42.5 Å². The number of hydrogen-bond acceptors (Lipinski definition) is 9. The molecule has 1 aliphatic rings. The van der Waals surface area contributed by atoms with Crippen LogP contribution in [0.3, 0.4) is 0 Å². The number of likely N-dealkylation sites (N-methyl/N-ethyl adjacent to an activating group) is 1. The molecule has 13 heteroatoms. The predicted molar refractivity (Wildman–Crippen MR) is 187 cm³/mol. The summed E-state index contributed by atoms with van der Waals surface area (Å²) in [5.74, 6) is -0.378. The first kappa shape index (κ1) is 36.9. The van der Waals surface area contributed by atoms with E-state index in [2.05, 4.69) is 22.3 Å². The van der Waals surface area contributed by atoms with Crippen LogP contribution in [0.2, 0.25) is 0 Å². The summed E-state index contributed by atoms with van der Waals surface area (Å²) in [6.07, 6.45) is 4.86. The van der Waals surface area contributed by atoms with Gasteiger partial charge in [-0.1, -0.05) is 32.3 Å². The molecule has 3 amide bonds. The molecule has 13 nitrogen and oxygen atoms in total. The van der Waals surface area contributed by atoms with Crippen LogP contribution in [-0.2, 0) is 42.9 Å². The molecule has 49 heavy (non-hydrogen) atoms. The lowest BCUT2D eigenvalue weighted by Crippen LogP contribution is -2.51. The number of aromatic nitrogens is 2. The second kappa shape index (κ2) is 16.9. The molecule has 3 aromatic rings. The highest BCUT2D eigenvalue weighted by Gasteiger charge is 2.41. The average Bonchev–Trinajstić information content (AvgIpc) is 3.75. The van der Waals surface area contributed by atoms with Gasteiger partial charge in [0.25, 0.3) is 0 Å². The second-order valence-corrected chi connectivity index (χ2v) is 12.8. The highest BCUT2D eigenvalue weighted by atomic mass is 16.5. The molecule has 4 rings (SSSR count). The van der Waals surface area contributed by atoms with Gasteiger partial charge in [-0.15, -0.1) is 0 Å². The van der Waals surface area contributed by atoms with E-state index in [1.54, 1.807) is 19.2 Å². The molecule has 1 unspecified atom stereocenters. The minimum absolute atomic E-state index is 0.0366. The molecule has 1 aromatic heterocycles. The monoisotopic (exact) mass is 675 g/mol. The van der Waals surface area contributed by atoms with Crippen LogP contribution in [-0.4, -0.2) is 89.5 Å². The minimum Gasteiger partial charge on any atom is -0.469 e. The van der Waals surface area contributed by atoms with Gasteiger partial charge in [-0.25, -0.2) is 9.78 Å². The maximum absolute atomic E-state index is 14.0. The van der Waals surface area contributed by atoms with Crippen molar-refractivity contribution in [2.75, 3.05) is 45.7 Å². The van der Waals surface area contributed by atoms with Gasteiger partial charge < -0.3 is 29.2 Å². The molecular weight excluding hydrogens is 626 g/mol. The molecule has 0 saturated carbocycles. The molecule has 0 aliphatic carbocycles. The number of anilines is 1. The standard InChI is InChI=1S/C36H49N7O6/c1-6-7-8-11-20-49-35(47)40-33(37)25-12-15-27(16-13-25)38-23-30-39-28-21-26(14-17-29(28)42(30)4)36(2,34(46)43-18-9-10-19-43)24-41(3)31(44)22-32(45)48-5/h12-17,21,38H,6-11,18-20,22-24H2,1-5H3,(H2,37,40,47). The molecule has 1 fully saturated rings. The minimum atomic E-state index is -1.06. The first-order valence-electron chi connectivity index (χ1n) is 16.9. The Morgan fingerprint density at radius 1 is 1.04 bits per heavy atom. The van der Waals surface area contributed by atoms with Gasteiger partial charge in [0.15, 0.2) is 0 Å². The number of methoxy groups -OCH3 is 1. The number of nitrogens with one attached hydrogen (secondary N) is 3. The topological polar surface area (TPSA) is 159 Å². The molecule has 2 heterocycles. The number of fused-ring (bicyclic) bond motifs is 1. The van der Waals surface area contributed by atoms with Crippen LogP contribution in [0.4, 0.5) is 10.5 Å². The lowest BCUT2D eigenvalue weighted by Gasteiger charge is -2.36. The Kier molecular flexibility index (Phi) is 12.8. The molecule has 2 aromatic carbocycles. The molecule has 1 aliphatic heterocycles. The fourth-order valence-corrected chi connectivity index (χ4v) is 6.04. The van der Waals surface area contributed by atoms with Crippen molar-refractivity contribution in [3.8, 4) is 0 Å². The number of rotatable bonds is 15. The van der Waals surface area contributed by atoms with Crippen LogP contribution in [0, 0.1) is 5.41 Å². The number of hydrogen-bond donors (Lipinski definition) is 3. The molecular formula is C36H49N7O6. The van der Waals surface area contributed by atoms with Crippen LogP contribution in [0.25, 0.3) is 11.0 Å². The fraction of sp³-hybridized carbons (Fsp3) is 0.500. The van der Waals surface area contributed by atoms with Gasteiger partial charge in [-0.05, 0) is 68.1 Å². The zero-order valence-electron chi connectivity index (χ0n) is 29.3. The maximum atomic E-state index is 14.0. The van der Waals surface area contributed by atoms with Gasteiger partial charge in [0.1, 0.15) is 18.1 Å². The zero-order chi connectivity index (χ0) is 35.6. The van der Waals surface area contributed by atoms with Gasteiger partial charge in [0.2, 0.25) is 11.8 Å². The number of aryl methyl sites for hydroxylation is 1. The highest BCUT2D eigenvalue weighted by Crippen LogP contribution is 2.32. The number of carbonyl (C=O) groups excluding carboxylic acids is 4. The summed E-state index contributed by atoms with van der Waals surface area (Å²) in [5.41, 5.74) is 2.63. The van der Waals surface area contributed by atoms with Crippen molar-refractivity contribution < 1.29 is 28.7 Å². The number of alkyl carbamates (subject to hydrolysis) is 1.